The van der Waals surface area contributed by atoms with E-state index in [-0.39, 0.29) is 5.91 Å². The van der Waals surface area contributed by atoms with Crippen LogP contribution in [0.25, 0.3) is 0 Å². The smallest absolute Gasteiger partial charge is 0.238 e. The third-order valence-electron chi connectivity index (χ3n) is 3.84. The minimum atomic E-state index is 0.0174. The molecular weight excluding hydrogens is 304 g/mol. The van der Waals surface area contributed by atoms with E-state index in [9.17, 15) is 4.79 Å². The largest absolute Gasteiger partial charge is 0.325 e. The van der Waals surface area contributed by atoms with Crippen LogP contribution in [0, 0.1) is 11.8 Å². The molecule has 2 unspecified atom stereocenters. The molecule has 2 atom stereocenters. The lowest BCUT2D eigenvalue weighted by Gasteiger charge is -2.15. The highest BCUT2D eigenvalue weighted by Crippen LogP contribution is 2.30. The molecule has 0 aromatic heterocycles. The number of halogens is 1. The van der Waals surface area contributed by atoms with Crippen LogP contribution < -0.4 is 10.6 Å². The van der Waals surface area contributed by atoms with Gasteiger partial charge in [0, 0.05) is 10.2 Å². The van der Waals surface area contributed by atoms with Crippen LogP contribution >= 0.6 is 15.9 Å². The predicted octanol–water partition coefficient (Wildman–Crippen LogP) is 3.41. The molecule has 1 amide bonds. The molecule has 19 heavy (non-hydrogen) atoms. The topological polar surface area (TPSA) is 41.1 Å². The number of benzene rings is 1. The van der Waals surface area contributed by atoms with Crippen molar-refractivity contribution in [3.63, 3.8) is 0 Å². The van der Waals surface area contributed by atoms with E-state index in [0.29, 0.717) is 6.54 Å². The lowest BCUT2D eigenvalue weighted by Crippen LogP contribution is -2.32. The van der Waals surface area contributed by atoms with Gasteiger partial charge in [-0.05, 0) is 43.0 Å². The van der Waals surface area contributed by atoms with Crippen molar-refractivity contribution in [1.29, 1.82) is 0 Å². The number of amides is 1. The molecule has 4 heteroatoms. The molecule has 1 fully saturated rings. The summed E-state index contributed by atoms with van der Waals surface area (Å²) >= 11 is 3.39. The molecule has 1 aliphatic rings. The summed E-state index contributed by atoms with van der Waals surface area (Å²) in [4.78, 5) is 11.8. The average molecular weight is 325 g/mol. The first-order valence-corrected chi connectivity index (χ1v) is 7.70. The lowest BCUT2D eigenvalue weighted by atomic mass is 9.98. The van der Waals surface area contributed by atoms with E-state index in [1.807, 2.05) is 24.3 Å². The zero-order chi connectivity index (χ0) is 13.7. The van der Waals surface area contributed by atoms with Crippen molar-refractivity contribution in [2.45, 2.75) is 26.2 Å². The molecule has 1 aromatic rings. The summed E-state index contributed by atoms with van der Waals surface area (Å²) in [6.45, 7) is 3.64. The van der Waals surface area contributed by atoms with Crippen molar-refractivity contribution < 1.29 is 4.79 Å². The van der Waals surface area contributed by atoms with E-state index < -0.39 is 0 Å². The Hall–Kier alpha value is -0.870. The van der Waals surface area contributed by atoms with Gasteiger partial charge in [0.05, 0.1) is 6.54 Å². The number of anilines is 1. The number of carbonyl (C=O) groups is 1. The van der Waals surface area contributed by atoms with E-state index in [4.69, 9.17) is 0 Å². The van der Waals surface area contributed by atoms with Crippen LogP contribution in [0.5, 0.6) is 0 Å². The molecule has 0 spiro atoms. The summed E-state index contributed by atoms with van der Waals surface area (Å²) in [7, 11) is 0. The molecule has 104 valence electrons. The van der Waals surface area contributed by atoms with Crippen LogP contribution in [-0.4, -0.2) is 19.0 Å². The van der Waals surface area contributed by atoms with E-state index >= 15 is 0 Å². The molecule has 1 aliphatic carbocycles. The maximum Gasteiger partial charge on any atom is 0.238 e. The number of carbonyl (C=O) groups excluding carboxylic acids is 1. The number of hydrogen-bond acceptors (Lipinski definition) is 2. The minimum absolute atomic E-state index is 0.0174. The number of rotatable bonds is 5. The Balaban J connectivity index is 1.70. The maximum atomic E-state index is 11.8. The summed E-state index contributed by atoms with van der Waals surface area (Å²) in [5.41, 5.74) is 0.829. The first kappa shape index (κ1) is 14.5. The maximum absolute atomic E-state index is 11.8. The molecule has 0 saturated heterocycles. The molecule has 0 radical (unpaired) electrons. The zero-order valence-corrected chi connectivity index (χ0v) is 12.9. The van der Waals surface area contributed by atoms with Gasteiger partial charge in [-0.25, -0.2) is 0 Å². The quantitative estimate of drug-likeness (QED) is 0.871. The fourth-order valence-corrected chi connectivity index (χ4v) is 3.07. The molecule has 0 bridgehead atoms. The van der Waals surface area contributed by atoms with Crippen LogP contribution in [0.4, 0.5) is 5.69 Å². The highest BCUT2D eigenvalue weighted by atomic mass is 79.9. The van der Waals surface area contributed by atoms with Crippen molar-refractivity contribution in [3.05, 3.63) is 28.7 Å². The second-order valence-electron chi connectivity index (χ2n) is 5.36. The van der Waals surface area contributed by atoms with Gasteiger partial charge in [0.15, 0.2) is 0 Å². The molecule has 2 rings (SSSR count). The summed E-state index contributed by atoms with van der Waals surface area (Å²) < 4.78 is 0.970. The number of nitrogens with one attached hydrogen (secondary N) is 2. The van der Waals surface area contributed by atoms with Crippen LogP contribution in [0.15, 0.2) is 28.7 Å². The Morgan fingerprint density at radius 1 is 1.42 bits per heavy atom. The van der Waals surface area contributed by atoms with Crippen LogP contribution in [0.3, 0.4) is 0 Å². The fourth-order valence-electron chi connectivity index (χ4n) is 2.67. The second kappa shape index (κ2) is 7.06. The Morgan fingerprint density at radius 3 is 2.95 bits per heavy atom. The highest BCUT2D eigenvalue weighted by molar-refractivity contribution is 9.10. The van der Waals surface area contributed by atoms with E-state index in [2.05, 4.69) is 33.5 Å². The third-order valence-corrected chi connectivity index (χ3v) is 4.33. The summed E-state index contributed by atoms with van der Waals surface area (Å²) in [5, 5.41) is 6.16. The Kier molecular flexibility index (Phi) is 5.40. The minimum Gasteiger partial charge on any atom is -0.325 e. The average Bonchev–Trinajstić information content (AvgIpc) is 2.75. The molecule has 2 N–H and O–H groups in total. The number of hydrogen-bond donors (Lipinski definition) is 2. The normalized spacial score (nSPS) is 22.4. The third kappa shape index (κ3) is 4.62. The summed E-state index contributed by atoms with van der Waals surface area (Å²) in [6.07, 6.45) is 3.95. The summed E-state index contributed by atoms with van der Waals surface area (Å²) in [5.74, 6) is 1.54. The lowest BCUT2D eigenvalue weighted by molar-refractivity contribution is -0.115. The van der Waals surface area contributed by atoms with Gasteiger partial charge in [-0.1, -0.05) is 41.8 Å². The van der Waals surface area contributed by atoms with E-state index in [1.165, 1.54) is 19.3 Å². The van der Waals surface area contributed by atoms with Gasteiger partial charge in [-0.3, -0.25) is 4.79 Å². The van der Waals surface area contributed by atoms with Crippen molar-refractivity contribution in [3.8, 4) is 0 Å². The molecule has 0 aliphatic heterocycles. The second-order valence-corrected chi connectivity index (χ2v) is 6.27. The summed E-state index contributed by atoms with van der Waals surface area (Å²) in [6, 6.07) is 7.64. The Labute approximate surface area is 123 Å². The Bertz CT molecular complexity index is 436. The SMILES string of the molecule is CC1CCCC1CNCC(=O)Nc1cccc(Br)c1. The monoisotopic (exact) mass is 324 g/mol. The van der Waals surface area contributed by atoms with Crippen molar-refractivity contribution in [2.75, 3.05) is 18.4 Å². The van der Waals surface area contributed by atoms with Gasteiger partial charge >= 0.3 is 0 Å². The van der Waals surface area contributed by atoms with Crippen molar-refractivity contribution in [2.24, 2.45) is 11.8 Å². The van der Waals surface area contributed by atoms with E-state index in [0.717, 1.165) is 28.5 Å². The van der Waals surface area contributed by atoms with Gasteiger partial charge in [-0.2, -0.15) is 0 Å². The fraction of sp³-hybridized carbons (Fsp3) is 0.533. The first-order chi connectivity index (χ1) is 9.15. The van der Waals surface area contributed by atoms with Gasteiger partial charge in [0.1, 0.15) is 0 Å². The molecule has 1 saturated carbocycles. The molecule has 3 nitrogen and oxygen atoms in total. The van der Waals surface area contributed by atoms with Gasteiger partial charge in [-0.15, -0.1) is 0 Å². The highest BCUT2D eigenvalue weighted by Gasteiger charge is 2.22. The molecule has 1 aromatic carbocycles. The van der Waals surface area contributed by atoms with Crippen LogP contribution in [0.2, 0.25) is 0 Å². The first-order valence-electron chi connectivity index (χ1n) is 6.91. The molecule has 0 heterocycles. The Morgan fingerprint density at radius 2 is 2.26 bits per heavy atom. The zero-order valence-electron chi connectivity index (χ0n) is 11.3. The van der Waals surface area contributed by atoms with Crippen LogP contribution in [0.1, 0.15) is 26.2 Å². The van der Waals surface area contributed by atoms with E-state index in [1.54, 1.807) is 0 Å². The van der Waals surface area contributed by atoms with Gasteiger partial charge < -0.3 is 10.6 Å². The van der Waals surface area contributed by atoms with Gasteiger partial charge in [0.2, 0.25) is 5.91 Å². The predicted molar refractivity (Wildman–Crippen MR) is 82.1 cm³/mol. The van der Waals surface area contributed by atoms with Gasteiger partial charge in [0.25, 0.3) is 0 Å². The standard InChI is InChI=1S/C15H21BrN2O/c1-11-4-2-5-12(11)9-17-10-15(19)18-14-7-3-6-13(16)8-14/h3,6-8,11-12,17H,2,4-5,9-10H2,1H3,(H,18,19). The van der Waals surface area contributed by atoms with Crippen molar-refractivity contribution in [1.82, 2.24) is 5.32 Å². The molecular formula is C15H21BrN2O. The van der Waals surface area contributed by atoms with Crippen LogP contribution in [-0.2, 0) is 4.79 Å². The van der Waals surface area contributed by atoms with Crippen molar-refractivity contribution >= 4 is 27.5 Å².